The van der Waals surface area contributed by atoms with Crippen LogP contribution in [0.2, 0.25) is 0 Å². The van der Waals surface area contributed by atoms with Crippen LogP contribution in [0.25, 0.3) is 67.3 Å². The van der Waals surface area contributed by atoms with Crippen LogP contribution in [0.1, 0.15) is 134 Å². The van der Waals surface area contributed by atoms with Crippen molar-refractivity contribution in [3.63, 3.8) is 0 Å². The number of aliphatic imine (C=N–C) groups is 4. The highest BCUT2D eigenvalue weighted by Crippen LogP contribution is 2.49. The highest BCUT2D eigenvalue weighted by molar-refractivity contribution is 6.20. The van der Waals surface area contributed by atoms with Crippen molar-refractivity contribution in [3.05, 3.63) is 351 Å². The highest BCUT2D eigenvalue weighted by Gasteiger charge is 2.32. The van der Waals surface area contributed by atoms with E-state index in [0.717, 1.165) is 224 Å². The summed E-state index contributed by atoms with van der Waals surface area (Å²) >= 11 is 0. The molecule has 120 heavy (non-hydrogen) atoms. The van der Waals surface area contributed by atoms with Crippen LogP contribution in [-0.2, 0) is 0 Å². The van der Waals surface area contributed by atoms with Crippen molar-refractivity contribution < 1.29 is 37.9 Å². The third kappa shape index (κ3) is 13.8. The van der Waals surface area contributed by atoms with Crippen molar-refractivity contribution in [1.29, 1.82) is 0 Å². The predicted octanol–water partition coefficient (Wildman–Crippen LogP) is 23.0. The molecule has 5 aliphatic heterocycles. The van der Waals surface area contributed by atoms with Crippen molar-refractivity contribution in [2.45, 2.75) is 83.1 Å². The molecular formula is C104H96N8O8. The van der Waals surface area contributed by atoms with E-state index in [-0.39, 0.29) is 0 Å². The largest absolute Gasteiger partial charge is 0.496 e. The lowest BCUT2D eigenvalue weighted by Gasteiger charge is -2.17. The zero-order valence-corrected chi connectivity index (χ0v) is 71.5. The summed E-state index contributed by atoms with van der Waals surface area (Å²) in [4.78, 5) is 38.0. The van der Waals surface area contributed by atoms with Gasteiger partial charge in [-0.25, -0.2) is 20.0 Å². The zero-order chi connectivity index (χ0) is 84.0. The quantitative estimate of drug-likeness (QED) is 0.0930. The fourth-order valence-corrected chi connectivity index (χ4v) is 18.5. The van der Waals surface area contributed by atoms with Gasteiger partial charge in [-0.2, -0.15) is 0 Å². The van der Waals surface area contributed by atoms with Crippen molar-refractivity contribution >= 4 is 45.1 Å². The Hall–Kier alpha value is -14.1. The predicted molar refractivity (Wildman–Crippen MR) is 487 cm³/mol. The molecule has 24 bridgehead atoms. The maximum atomic E-state index is 6.30. The van der Waals surface area contributed by atoms with Gasteiger partial charge in [-0.05, 0) is 271 Å². The Bertz CT molecular complexity index is 6670. The number of nitrogens with one attached hydrogen (secondary N) is 4. The van der Waals surface area contributed by atoms with Gasteiger partial charge in [0.1, 0.15) is 46.0 Å². The summed E-state index contributed by atoms with van der Waals surface area (Å²) in [5.41, 5.74) is 40.4. The van der Waals surface area contributed by atoms with E-state index >= 15 is 0 Å². The van der Waals surface area contributed by atoms with Gasteiger partial charge in [0, 0.05) is 137 Å². The second-order valence-electron chi connectivity index (χ2n) is 31.6. The lowest BCUT2D eigenvalue weighted by molar-refractivity contribution is 0.393. The lowest BCUT2D eigenvalue weighted by Crippen LogP contribution is -2.06. The molecular weight excluding hydrogens is 1490 g/mol. The summed E-state index contributed by atoms with van der Waals surface area (Å²) < 4.78 is 50.3. The molecule has 17 rings (SSSR count). The van der Waals surface area contributed by atoms with E-state index in [0.29, 0.717) is 68.8 Å². The van der Waals surface area contributed by atoms with E-state index < -0.39 is 0 Å². The molecule has 9 heterocycles. The van der Waals surface area contributed by atoms with Gasteiger partial charge in [-0.3, -0.25) is 0 Å². The van der Waals surface area contributed by atoms with Crippen LogP contribution in [0, 0.1) is 83.1 Å². The number of aryl methyl sites for hydroxylation is 12. The van der Waals surface area contributed by atoms with E-state index in [9.17, 15) is 0 Å². The summed E-state index contributed by atoms with van der Waals surface area (Å²) in [5.74, 6) is 4.83. The van der Waals surface area contributed by atoms with Gasteiger partial charge in [0.05, 0.1) is 103 Å². The molecule has 0 spiro atoms. The van der Waals surface area contributed by atoms with Crippen LogP contribution < -0.4 is 37.9 Å². The van der Waals surface area contributed by atoms with Crippen LogP contribution in [-0.4, -0.2) is 99.7 Å². The number of hydrogen-bond acceptors (Lipinski definition) is 12. The molecule has 4 N–H and O–H groups in total. The molecule has 5 aliphatic rings. The van der Waals surface area contributed by atoms with E-state index in [4.69, 9.17) is 57.9 Å². The van der Waals surface area contributed by atoms with Crippen LogP contribution in [0.15, 0.2) is 237 Å². The molecule has 0 atom stereocenters. The topological polar surface area (TPSA) is 186 Å². The molecule has 12 aromatic rings. The van der Waals surface area contributed by atoms with E-state index in [1.807, 2.05) is 24.3 Å². The molecule has 0 fully saturated rings. The molecule has 8 aromatic carbocycles. The zero-order valence-electron chi connectivity index (χ0n) is 71.5. The first-order chi connectivity index (χ1) is 58.0. The van der Waals surface area contributed by atoms with Crippen molar-refractivity contribution in [2.75, 3.05) is 56.9 Å². The minimum absolute atomic E-state index is 0.587. The van der Waals surface area contributed by atoms with Gasteiger partial charge in [0.2, 0.25) is 0 Å². The molecule has 0 saturated carbocycles. The minimum atomic E-state index is 0.587. The maximum Gasteiger partial charge on any atom is 0.131 e. The number of allylic oxidation sites excluding steroid dienone is 8. The van der Waals surface area contributed by atoms with Gasteiger partial charge in [0.25, 0.3) is 0 Å². The highest BCUT2D eigenvalue weighted by atomic mass is 16.5. The molecule has 16 nitrogen and oxygen atoms in total. The summed E-state index contributed by atoms with van der Waals surface area (Å²) in [7, 11) is 13.5. The Kier molecular flexibility index (Phi) is 20.5. The lowest BCUT2D eigenvalue weighted by atomic mass is 9.90. The van der Waals surface area contributed by atoms with Crippen molar-refractivity contribution in [2.24, 2.45) is 20.0 Å². The summed E-state index contributed by atoms with van der Waals surface area (Å²) in [6.45, 7) is 25.9. The van der Waals surface area contributed by atoms with Crippen LogP contribution in [0.5, 0.6) is 46.0 Å². The smallest absolute Gasteiger partial charge is 0.131 e. The first-order valence-electron chi connectivity index (χ1n) is 40.2. The number of ether oxygens (including phenoxy) is 8. The molecule has 16 heteroatoms. The van der Waals surface area contributed by atoms with E-state index in [2.05, 4.69) is 273 Å². The molecule has 600 valence electrons. The van der Waals surface area contributed by atoms with Gasteiger partial charge in [-0.1, -0.05) is 70.8 Å². The summed E-state index contributed by atoms with van der Waals surface area (Å²) in [5, 5.41) is 0. The number of methoxy groups -OCH3 is 8. The molecule has 0 saturated heterocycles. The van der Waals surface area contributed by atoms with Crippen LogP contribution in [0.3, 0.4) is 0 Å². The minimum Gasteiger partial charge on any atom is -0.496 e. The number of aromatic nitrogens is 4. The van der Waals surface area contributed by atoms with E-state index in [1.165, 1.54) is 0 Å². The second kappa shape index (κ2) is 31.4. The Morgan fingerprint density at radius 3 is 0.550 bits per heavy atom. The Balaban J connectivity index is 0.899. The summed E-state index contributed by atoms with van der Waals surface area (Å²) in [6.07, 6.45) is 16.7. The Morgan fingerprint density at radius 2 is 0.358 bits per heavy atom. The molecule has 4 aromatic heterocycles. The standard InChI is InChI=1S/C104H96N8O8/c1-53-37-57(5)97(58(6)38-53)101-81-29-21-73(105-81)65-45-67(91(115-15)49-89(65)113-13)75-23-31-83(107-75)102(98-59(7)39-54(2)40-60(98)8)85-33-25-77(109-85)69-47-71(95(119-19)51-93(69)117-17)79-27-35-87(111-79)104(100-63(11)43-56(4)44-64(100)12)88-36-28-80(112-88)72-48-70(94(118-18)52-96(72)120-20)78-26-34-86(110-78)103(99-61(9)41-55(3)42-62(99)10)84-32-24-76(108-84)68-46-66(74-22-30-82(101)106-74)90(114-14)50-92(68)116-16/h21-52,105,107-108,112H,1-20H3/b101-82+,102-85+,103-86+,104-87+. The van der Waals surface area contributed by atoms with Gasteiger partial charge >= 0.3 is 0 Å². The Labute approximate surface area is 700 Å². The normalized spacial score (nSPS) is 16.5. The number of rotatable bonds is 12. The number of fused-ring (bicyclic) bond motifs is 28. The third-order valence-corrected chi connectivity index (χ3v) is 23.5. The number of nitrogens with zero attached hydrogens (tertiary/aromatic N) is 4. The van der Waals surface area contributed by atoms with Gasteiger partial charge in [-0.15, -0.1) is 0 Å². The number of hydrogen-bond donors (Lipinski definition) is 4. The van der Waals surface area contributed by atoms with Gasteiger partial charge in [0.15, 0.2) is 0 Å². The average molecular weight is 1590 g/mol. The third-order valence-electron chi connectivity index (χ3n) is 23.5. The fourth-order valence-electron chi connectivity index (χ4n) is 18.5. The molecule has 0 aliphatic carbocycles. The summed E-state index contributed by atoms with van der Waals surface area (Å²) in [6, 6.07) is 51.0. The number of aromatic amines is 4. The Morgan fingerprint density at radius 1 is 0.192 bits per heavy atom. The number of benzene rings is 8. The average Bonchev–Trinajstić information content (AvgIpc) is 1.60. The monoisotopic (exact) mass is 1580 g/mol. The van der Waals surface area contributed by atoms with Gasteiger partial charge < -0.3 is 57.8 Å². The van der Waals surface area contributed by atoms with Crippen LogP contribution in [0.4, 0.5) is 0 Å². The fraction of sp³-hybridized carbons (Fsp3) is 0.192. The van der Waals surface area contributed by atoms with Crippen molar-refractivity contribution in [1.82, 2.24) is 19.9 Å². The molecule has 0 radical (unpaired) electrons. The van der Waals surface area contributed by atoms with Crippen molar-refractivity contribution in [3.8, 4) is 91.0 Å². The van der Waals surface area contributed by atoms with E-state index in [1.54, 1.807) is 56.9 Å². The maximum absolute atomic E-state index is 6.30. The second-order valence-corrected chi connectivity index (χ2v) is 31.6. The first kappa shape index (κ1) is 78.4. The molecule has 0 amide bonds. The number of H-pyrrole nitrogens is 4. The van der Waals surface area contributed by atoms with Crippen LogP contribution >= 0.6 is 0 Å². The molecule has 0 unspecified atom stereocenters. The SMILES string of the molecule is COc1cc(OC)c2cc1C1=N/C(=C(/c3c(C)cc(C)cc3C)c3ccc([nH]3)-c3cc(c(OC)cc3OC)C3=N/C(=C(/c4c(C)cc(C)cc4C)c4ccc([nH]4)-c4cc(c(OC)cc4OC)C4=N/C(=C(/c5c(C)cc(C)cc5C)c5ccc([nH]5)-c5cc(c(OC)cc5OC)-c5ccc([nH]5)/C(c5c(C)cc(C)cc5C)=C5/C=CC2=N5)C=C4)C=C3)C=C1. The first-order valence-corrected chi connectivity index (χ1v) is 40.2.